The minimum Gasteiger partial charge on any atom is -0.344 e. The Balaban J connectivity index is 2.13. The zero-order valence-electron chi connectivity index (χ0n) is 10.1. The van der Waals surface area contributed by atoms with Crippen molar-refractivity contribution in [1.29, 1.82) is 0 Å². The van der Waals surface area contributed by atoms with Crippen LogP contribution in [-0.4, -0.2) is 11.8 Å². The van der Waals surface area contributed by atoms with Crippen LogP contribution in [0.15, 0.2) is 54.6 Å². The van der Waals surface area contributed by atoms with Crippen molar-refractivity contribution in [2.75, 3.05) is 5.88 Å². The van der Waals surface area contributed by atoms with Crippen LogP contribution in [0.4, 0.5) is 0 Å². The van der Waals surface area contributed by atoms with Gasteiger partial charge in [-0.15, -0.1) is 11.6 Å². The summed E-state index contributed by atoms with van der Waals surface area (Å²) in [5.74, 6) is 0.132. The lowest BCUT2D eigenvalue weighted by atomic mass is 10.1. The van der Waals surface area contributed by atoms with Gasteiger partial charge >= 0.3 is 0 Å². The SMILES string of the molecule is O=C(NC(CCl)c1ccccc1)c1cccc(Cl)c1. The van der Waals surface area contributed by atoms with E-state index in [2.05, 4.69) is 5.32 Å². The van der Waals surface area contributed by atoms with Crippen LogP contribution in [0.2, 0.25) is 5.02 Å². The van der Waals surface area contributed by atoms with E-state index in [1.165, 1.54) is 0 Å². The molecule has 19 heavy (non-hydrogen) atoms. The Kier molecular flexibility index (Phi) is 4.83. The molecule has 1 unspecified atom stereocenters. The number of carbonyl (C=O) groups excluding carboxylic acids is 1. The van der Waals surface area contributed by atoms with E-state index in [-0.39, 0.29) is 11.9 Å². The summed E-state index contributed by atoms with van der Waals surface area (Å²) in [6.45, 7) is 0. The van der Waals surface area contributed by atoms with Crippen molar-refractivity contribution in [2.45, 2.75) is 6.04 Å². The van der Waals surface area contributed by atoms with Crippen LogP contribution in [0, 0.1) is 0 Å². The van der Waals surface area contributed by atoms with Gasteiger partial charge in [-0.3, -0.25) is 4.79 Å². The van der Waals surface area contributed by atoms with Crippen molar-refractivity contribution >= 4 is 29.1 Å². The first-order valence-corrected chi connectivity index (χ1v) is 6.79. The molecule has 0 aliphatic carbocycles. The number of alkyl halides is 1. The zero-order chi connectivity index (χ0) is 13.7. The van der Waals surface area contributed by atoms with Crippen molar-refractivity contribution in [3.8, 4) is 0 Å². The van der Waals surface area contributed by atoms with E-state index in [1.54, 1.807) is 24.3 Å². The standard InChI is InChI=1S/C15H13Cl2NO/c16-10-14(11-5-2-1-3-6-11)18-15(19)12-7-4-8-13(17)9-12/h1-9,14H,10H2,(H,18,19). The Hall–Kier alpha value is -1.51. The number of nitrogens with one attached hydrogen (secondary N) is 1. The maximum Gasteiger partial charge on any atom is 0.251 e. The first-order chi connectivity index (χ1) is 9.20. The molecule has 2 aromatic carbocycles. The van der Waals surface area contributed by atoms with Crippen molar-refractivity contribution in [3.63, 3.8) is 0 Å². The maximum absolute atomic E-state index is 12.1. The zero-order valence-corrected chi connectivity index (χ0v) is 11.7. The molecule has 0 radical (unpaired) electrons. The molecule has 2 nitrogen and oxygen atoms in total. The fraction of sp³-hybridized carbons (Fsp3) is 0.133. The van der Waals surface area contributed by atoms with Crippen LogP contribution in [0.5, 0.6) is 0 Å². The largest absolute Gasteiger partial charge is 0.344 e. The van der Waals surface area contributed by atoms with Crippen LogP contribution in [-0.2, 0) is 0 Å². The van der Waals surface area contributed by atoms with Gasteiger partial charge in [-0.25, -0.2) is 0 Å². The van der Waals surface area contributed by atoms with E-state index in [1.807, 2.05) is 30.3 Å². The molecule has 0 aliphatic heterocycles. The lowest BCUT2D eigenvalue weighted by Gasteiger charge is -2.16. The second-order valence-electron chi connectivity index (χ2n) is 4.10. The minimum absolute atomic E-state index is 0.183. The van der Waals surface area contributed by atoms with Gasteiger partial charge in [-0.2, -0.15) is 0 Å². The van der Waals surface area contributed by atoms with Gasteiger partial charge in [0.15, 0.2) is 0 Å². The Morgan fingerprint density at radius 2 is 1.84 bits per heavy atom. The first-order valence-electron chi connectivity index (χ1n) is 5.88. The third-order valence-corrected chi connectivity index (χ3v) is 3.29. The predicted molar refractivity (Wildman–Crippen MR) is 78.8 cm³/mol. The number of carbonyl (C=O) groups is 1. The van der Waals surface area contributed by atoms with Gasteiger partial charge in [0.2, 0.25) is 0 Å². The van der Waals surface area contributed by atoms with E-state index >= 15 is 0 Å². The highest BCUT2D eigenvalue weighted by molar-refractivity contribution is 6.31. The Morgan fingerprint density at radius 1 is 1.11 bits per heavy atom. The number of benzene rings is 2. The first kappa shape index (κ1) is 13.9. The van der Waals surface area contributed by atoms with E-state index in [0.29, 0.717) is 16.5 Å². The fourth-order valence-corrected chi connectivity index (χ4v) is 2.21. The molecule has 98 valence electrons. The van der Waals surface area contributed by atoms with Crippen molar-refractivity contribution in [3.05, 3.63) is 70.7 Å². The molecule has 0 fully saturated rings. The van der Waals surface area contributed by atoms with E-state index < -0.39 is 0 Å². The molecule has 2 rings (SSSR count). The van der Waals surface area contributed by atoms with Crippen LogP contribution in [0.1, 0.15) is 22.0 Å². The molecule has 0 saturated carbocycles. The molecule has 0 spiro atoms. The Morgan fingerprint density at radius 3 is 2.47 bits per heavy atom. The summed E-state index contributed by atoms with van der Waals surface area (Å²) >= 11 is 11.8. The monoisotopic (exact) mass is 293 g/mol. The predicted octanol–water partition coefficient (Wildman–Crippen LogP) is 4.05. The summed E-state index contributed by atoms with van der Waals surface area (Å²) in [7, 11) is 0. The number of rotatable bonds is 4. The van der Waals surface area contributed by atoms with Gasteiger partial charge in [0.25, 0.3) is 5.91 Å². The van der Waals surface area contributed by atoms with Crippen molar-refractivity contribution < 1.29 is 4.79 Å². The third-order valence-electron chi connectivity index (χ3n) is 2.75. The van der Waals surface area contributed by atoms with E-state index in [4.69, 9.17) is 23.2 Å². The molecule has 4 heteroatoms. The van der Waals surface area contributed by atoms with Gasteiger partial charge in [0.05, 0.1) is 6.04 Å². The molecule has 1 N–H and O–H groups in total. The number of hydrogen-bond acceptors (Lipinski definition) is 1. The molecule has 0 heterocycles. The normalized spacial score (nSPS) is 11.9. The van der Waals surface area contributed by atoms with Gasteiger partial charge in [0, 0.05) is 16.5 Å². The molecule has 0 bridgehead atoms. The summed E-state index contributed by atoms with van der Waals surface area (Å²) in [5.41, 5.74) is 1.51. The average molecular weight is 294 g/mol. The van der Waals surface area contributed by atoms with Gasteiger partial charge < -0.3 is 5.32 Å². The smallest absolute Gasteiger partial charge is 0.251 e. The minimum atomic E-state index is -0.214. The molecular formula is C15H13Cl2NO. The molecule has 0 aliphatic rings. The summed E-state index contributed by atoms with van der Waals surface area (Å²) in [5, 5.41) is 3.43. The summed E-state index contributed by atoms with van der Waals surface area (Å²) in [6, 6.07) is 16.2. The average Bonchev–Trinajstić information content (AvgIpc) is 2.45. The van der Waals surface area contributed by atoms with Crippen molar-refractivity contribution in [2.24, 2.45) is 0 Å². The molecule has 1 amide bonds. The van der Waals surface area contributed by atoms with E-state index in [0.717, 1.165) is 5.56 Å². The summed E-state index contributed by atoms with van der Waals surface area (Å²) in [4.78, 5) is 12.1. The topological polar surface area (TPSA) is 29.1 Å². The van der Waals surface area contributed by atoms with Crippen LogP contribution < -0.4 is 5.32 Å². The molecule has 2 aromatic rings. The van der Waals surface area contributed by atoms with Gasteiger partial charge in [0.1, 0.15) is 0 Å². The van der Waals surface area contributed by atoms with Crippen LogP contribution in [0.25, 0.3) is 0 Å². The lowest BCUT2D eigenvalue weighted by Crippen LogP contribution is -2.29. The number of amides is 1. The Bertz CT molecular complexity index is 557. The second-order valence-corrected chi connectivity index (χ2v) is 4.85. The van der Waals surface area contributed by atoms with Gasteiger partial charge in [-0.05, 0) is 23.8 Å². The molecule has 0 saturated heterocycles. The highest BCUT2D eigenvalue weighted by Crippen LogP contribution is 2.16. The summed E-state index contributed by atoms with van der Waals surface area (Å²) < 4.78 is 0. The molecule has 0 aromatic heterocycles. The molecule has 1 atom stereocenters. The highest BCUT2D eigenvalue weighted by atomic mass is 35.5. The second kappa shape index (κ2) is 6.60. The fourth-order valence-electron chi connectivity index (χ4n) is 1.77. The van der Waals surface area contributed by atoms with Crippen LogP contribution in [0.3, 0.4) is 0 Å². The third kappa shape index (κ3) is 3.72. The van der Waals surface area contributed by atoms with Gasteiger partial charge in [-0.1, -0.05) is 48.0 Å². The number of halogens is 2. The summed E-state index contributed by atoms with van der Waals surface area (Å²) in [6.07, 6.45) is 0. The lowest BCUT2D eigenvalue weighted by molar-refractivity contribution is 0.0940. The van der Waals surface area contributed by atoms with E-state index in [9.17, 15) is 4.79 Å². The number of hydrogen-bond donors (Lipinski definition) is 1. The molecular weight excluding hydrogens is 281 g/mol. The highest BCUT2D eigenvalue weighted by Gasteiger charge is 2.14. The quantitative estimate of drug-likeness (QED) is 0.847. The Labute approximate surface area is 122 Å². The van der Waals surface area contributed by atoms with Crippen LogP contribution >= 0.6 is 23.2 Å². The maximum atomic E-state index is 12.1. The van der Waals surface area contributed by atoms with Crippen molar-refractivity contribution in [1.82, 2.24) is 5.32 Å².